The molecule has 0 aliphatic carbocycles. The quantitative estimate of drug-likeness (QED) is 0.768. The Bertz CT molecular complexity index is 487. The molecular weight excluding hydrogens is 198 g/mol. The van der Waals surface area contributed by atoms with Crippen LogP contribution in [0, 0.1) is 6.92 Å². The molecule has 1 aromatic heterocycles. The highest BCUT2D eigenvalue weighted by atomic mass is 35.5. The van der Waals surface area contributed by atoms with Crippen LogP contribution in [0.1, 0.15) is 11.3 Å². The summed E-state index contributed by atoms with van der Waals surface area (Å²) in [6, 6.07) is 5.99. The van der Waals surface area contributed by atoms with E-state index in [1.54, 1.807) is 0 Å². The third-order valence-corrected chi connectivity index (χ3v) is 3.04. The largest absolute Gasteiger partial charge is 0.390 e. The molecular formula is C11H12ClNO. The highest BCUT2D eigenvalue weighted by Crippen LogP contribution is 2.31. The van der Waals surface area contributed by atoms with Crippen LogP contribution in [0.3, 0.4) is 0 Å². The lowest BCUT2D eigenvalue weighted by atomic mass is 10.2. The molecule has 0 atom stereocenters. The fraction of sp³-hybridized carbons (Fsp3) is 0.273. The zero-order chi connectivity index (χ0) is 10.3. The number of benzene rings is 1. The number of aliphatic hydroxyl groups is 1. The number of aryl methyl sites for hydroxylation is 2. The van der Waals surface area contributed by atoms with Crippen LogP contribution >= 0.6 is 11.6 Å². The van der Waals surface area contributed by atoms with E-state index < -0.39 is 0 Å². The molecule has 0 fully saturated rings. The van der Waals surface area contributed by atoms with Crippen molar-refractivity contribution in [3.8, 4) is 0 Å². The van der Waals surface area contributed by atoms with E-state index in [0.29, 0.717) is 5.02 Å². The molecule has 0 unspecified atom stereocenters. The maximum atomic E-state index is 9.19. The lowest BCUT2D eigenvalue weighted by Crippen LogP contribution is -1.96. The van der Waals surface area contributed by atoms with Crippen molar-refractivity contribution >= 4 is 22.5 Å². The first-order valence-corrected chi connectivity index (χ1v) is 4.88. The zero-order valence-corrected chi connectivity index (χ0v) is 8.97. The topological polar surface area (TPSA) is 25.2 Å². The Morgan fingerprint density at radius 1 is 1.43 bits per heavy atom. The van der Waals surface area contributed by atoms with Gasteiger partial charge in [0.15, 0.2) is 0 Å². The van der Waals surface area contributed by atoms with Crippen molar-refractivity contribution in [2.45, 2.75) is 13.5 Å². The molecule has 0 amide bonds. The van der Waals surface area contributed by atoms with Gasteiger partial charge in [-0.2, -0.15) is 0 Å². The number of hydrogen-bond donors (Lipinski definition) is 1. The highest BCUT2D eigenvalue weighted by Gasteiger charge is 2.13. The van der Waals surface area contributed by atoms with E-state index in [9.17, 15) is 5.11 Å². The van der Waals surface area contributed by atoms with Gasteiger partial charge in [0.1, 0.15) is 0 Å². The van der Waals surface area contributed by atoms with Gasteiger partial charge in [0.05, 0.1) is 22.8 Å². The molecule has 0 bridgehead atoms. The molecule has 0 aliphatic heterocycles. The van der Waals surface area contributed by atoms with Crippen LogP contribution in [-0.4, -0.2) is 9.67 Å². The number of para-hydroxylation sites is 1. The van der Waals surface area contributed by atoms with E-state index in [-0.39, 0.29) is 6.61 Å². The number of nitrogens with zero attached hydrogens (tertiary/aromatic N) is 1. The maximum Gasteiger partial charge on any atom is 0.0848 e. The minimum atomic E-state index is -0.0244. The number of hydrogen-bond acceptors (Lipinski definition) is 1. The first-order valence-electron chi connectivity index (χ1n) is 4.50. The van der Waals surface area contributed by atoms with Gasteiger partial charge >= 0.3 is 0 Å². The Balaban J connectivity index is 2.94. The van der Waals surface area contributed by atoms with Crippen LogP contribution in [0.4, 0.5) is 0 Å². The normalized spacial score (nSPS) is 11.1. The van der Waals surface area contributed by atoms with Gasteiger partial charge in [-0.3, -0.25) is 0 Å². The number of halogens is 1. The van der Waals surface area contributed by atoms with E-state index in [0.717, 1.165) is 16.6 Å². The van der Waals surface area contributed by atoms with Gasteiger partial charge < -0.3 is 9.67 Å². The second-order valence-corrected chi connectivity index (χ2v) is 3.83. The third kappa shape index (κ3) is 1.15. The average molecular weight is 210 g/mol. The van der Waals surface area contributed by atoms with Crippen molar-refractivity contribution in [2.24, 2.45) is 7.05 Å². The summed E-state index contributed by atoms with van der Waals surface area (Å²) in [7, 11) is 1.92. The van der Waals surface area contributed by atoms with Gasteiger partial charge in [0, 0.05) is 12.4 Å². The zero-order valence-electron chi connectivity index (χ0n) is 8.21. The number of fused-ring (bicyclic) bond motifs is 1. The SMILES string of the molecule is Cc1cccc2c(Cl)c(CO)n(C)c12. The molecule has 2 nitrogen and oxygen atoms in total. The van der Waals surface area contributed by atoms with Crippen LogP contribution in [0.2, 0.25) is 5.02 Å². The summed E-state index contributed by atoms with van der Waals surface area (Å²) < 4.78 is 1.95. The fourth-order valence-corrected chi connectivity index (χ4v) is 2.23. The van der Waals surface area contributed by atoms with Gasteiger partial charge in [0.25, 0.3) is 0 Å². The van der Waals surface area contributed by atoms with Crippen molar-refractivity contribution in [3.05, 3.63) is 34.5 Å². The van der Waals surface area contributed by atoms with Gasteiger partial charge in [-0.1, -0.05) is 29.8 Å². The Morgan fingerprint density at radius 2 is 2.14 bits per heavy atom. The standard InChI is InChI=1S/C11H12ClNO/c1-7-4-3-5-8-10(12)9(6-14)13(2)11(7)8/h3-5,14H,6H2,1-2H3. The second kappa shape index (κ2) is 3.30. The monoisotopic (exact) mass is 209 g/mol. The Morgan fingerprint density at radius 3 is 2.71 bits per heavy atom. The fourth-order valence-electron chi connectivity index (χ4n) is 1.89. The van der Waals surface area contributed by atoms with E-state index >= 15 is 0 Å². The number of aliphatic hydroxyl groups excluding tert-OH is 1. The van der Waals surface area contributed by atoms with E-state index in [1.807, 2.05) is 36.7 Å². The first kappa shape index (κ1) is 9.56. The van der Waals surface area contributed by atoms with Crippen molar-refractivity contribution < 1.29 is 5.11 Å². The smallest absolute Gasteiger partial charge is 0.0848 e. The third-order valence-electron chi connectivity index (χ3n) is 2.62. The van der Waals surface area contributed by atoms with Crippen molar-refractivity contribution in [1.82, 2.24) is 4.57 Å². The predicted octanol–water partition coefficient (Wildman–Crippen LogP) is 2.63. The Hall–Kier alpha value is -0.990. The van der Waals surface area contributed by atoms with Gasteiger partial charge in [-0.25, -0.2) is 0 Å². The lowest BCUT2D eigenvalue weighted by molar-refractivity contribution is 0.273. The van der Waals surface area contributed by atoms with Crippen LogP contribution in [0.25, 0.3) is 10.9 Å². The summed E-state index contributed by atoms with van der Waals surface area (Å²) in [5, 5.41) is 10.9. The summed E-state index contributed by atoms with van der Waals surface area (Å²) in [5.41, 5.74) is 3.05. The van der Waals surface area contributed by atoms with Gasteiger partial charge in [-0.05, 0) is 12.5 Å². The summed E-state index contributed by atoms with van der Waals surface area (Å²) in [6.45, 7) is 2.02. The summed E-state index contributed by atoms with van der Waals surface area (Å²) >= 11 is 6.15. The predicted molar refractivity (Wildman–Crippen MR) is 58.6 cm³/mol. The molecule has 1 aromatic carbocycles. The molecule has 0 radical (unpaired) electrons. The molecule has 0 spiro atoms. The highest BCUT2D eigenvalue weighted by molar-refractivity contribution is 6.36. The van der Waals surface area contributed by atoms with Crippen LogP contribution in [-0.2, 0) is 13.7 Å². The summed E-state index contributed by atoms with van der Waals surface area (Å²) in [5.74, 6) is 0. The van der Waals surface area contributed by atoms with Crippen molar-refractivity contribution in [2.75, 3.05) is 0 Å². The summed E-state index contributed by atoms with van der Waals surface area (Å²) in [4.78, 5) is 0. The van der Waals surface area contributed by atoms with Gasteiger partial charge in [0.2, 0.25) is 0 Å². The lowest BCUT2D eigenvalue weighted by Gasteiger charge is -2.02. The maximum absolute atomic E-state index is 9.19. The number of aromatic nitrogens is 1. The molecule has 1 N–H and O–H groups in total. The molecule has 1 heterocycles. The Labute approximate surface area is 87.7 Å². The average Bonchev–Trinajstić information content (AvgIpc) is 2.41. The molecule has 0 saturated heterocycles. The molecule has 2 rings (SSSR count). The molecule has 2 aromatic rings. The minimum Gasteiger partial charge on any atom is -0.390 e. The summed E-state index contributed by atoms with van der Waals surface area (Å²) in [6.07, 6.45) is 0. The van der Waals surface area contributed by atoms with Gasteiger partial charge in [-0.15, -0.1) is 0 Å². The molecule has 14 heavy (non-hydrogen) atoms. The van der Waals surface area contributed by atoms with Crippen LogP contribution in [0.5, 0.6) is 0 Å². The van der Waals surface area contributed by atoms with E-state index in [2.05, 4.69) is 0 Å². The number of rotatable bonds is 1. The van der Waals surface area contributed by atoms with E-state index in [1.165, 1.54) is 5.56 Å². The van der Waals surface area contributed by atoms with E-state index in [4.69, 9.17) is 11.6 Å². The Kier molecular flexibility index (Phi) is 2.25. The molecule has 3 heteroatoms. The molecule has 74 valence electrons. The van der Waals surface area contributed by atoms with Crippen molar-refractivity contribution in [1.29, 1.82) is 0 Å². The minimum absolute atomic E-state index is 0.0244. The first-order chi connectivity index (χ1) is 6.66. The van der Waals surface area contributed by atoms with Crippen molar-refractivity contribution in [3.63, 3.8) is 0 Å². The molecule has 0 aliphatic rings. The van der Waals surface area contributed by atoms with Crippen LogP contribution in [0.15, 0.2) is 18.2 Å². The second-order valence-electron chi connectivity index (χ2n) is 3.45. The molecule has 0 saturated carbocycles. The van der Waals surface area contributed by atoms with Crippen LogP contribution < -0.4 is 0 Å².